The maximum Gasteiger partial charge on any atom is 1.00 e. The quantitative estimate of drug-likeness (QED) is 0.318. The van der Waals surface area contributed by atoms with Gasteiger partial charge in [0.1, 0.15) is 22.9 Å². The molecule has 4 heteroatoms. The van der Waals surface area contributed by atoms with Crippen molar-refractivity contribution in [2.45, 2.75) is 110 Å². The molecule has 1 aromatic rings. The van der Waals surface area contributed by atoms with Crippen molar-refractivity contribution in [3.63, 3.8) is 0 Å². The van der Waals surface area contributed by atoms with Crippen molar-refractivity contribution < 1.29 is 72.5 Å². The third-order valence-corrected chi connectivity index (χ3v) is 7.76. The molecule has 2 heterocycles. The summed E-state index contributed by atoms with van der Waals surface area (Å²) in [6.45, 7) is 15.1. The fraction of sp³-hybridized carbons (Fsp3) is 0.643. The summed E-state index contributed by atoms with van der Waals surface area (Å²) in [6.07, 6.45) is 10.9. The van der Waals surface area contributed by atoms with Crippen LogP contribution in [0.4, 0.5) is 0 Å². The Morgan fingerprint density at radius 2 is 1.97 bits per heavy atom. The second-order valence-electron chi connectivity index (χ2n) is 11.0. The maximum atomic E-state index is 13.2. The number of ketones is 1. The number of ether oxygens (including phenoxy) is 2. The van der Waals surface area contributed by atoms with Crippen molar-refractivity contribution in [1.29, 1.82) is 0 Å². The van der Waals surface area contributed by atoms with Crippen LogP contribution in [0.3, 0.4) is 0 Å². The van der Waals surface area contributed by atoms with Crippen molar-refractivity contribution >= 4 is 5.78 Å². The molecule has 0 saturated heterocycles. The Hall–Kier alpha value is 0.0352. The summed E-state index contributed by atoms with van der Waals surface area (Å²) in [5.74, 6) is 2.49. The molecule has 0 spiro atoms. The molecule has 0 N–H and O–H groups in total. The minimum Gasteiger partial charge on any atom is -0.661 e. The predicted molar refractivity (Wildman–Crippen MR) is 126 cm³/mol. The van der Waals surface area contributed by atoms with Crippen molar-refractivity contribution in [3.05, 3.63) is 41.0 Å². The van der Waals surface area contributed by atoms with Gasteiger partial charge in [-0.05, 0) is 57.1 Å². The summed E-state index contributed by atoms with van der Waals surface area (Å²) < 4.78 is 12.8. The van der Waals surface area contributed by atoms with Gasteiger partial charge < -0.3 is 9.47 Å². The molecule has 3 nitrogen and oxygen atoms in total. The maximum absolute atomic E-state index is 13.2. The summed E-state index contributed by atoms with van der Waals surface area (Å²) in [7, 11) is 0. The van der Waals surface area contributed by atoms with Gasteiger partial charge in [-0.25, -0.2) is 0 Å². The van der Waals surface area contributed by atoms with E-state index in [-0.39, 0.29) is 80.9 Å². The van der Waals surface area contributed by atoms with Crippen LogP contribution < -0.4 is 67.7 Å². The molecule has 0 fully saturated rings. The number of hydrogen-bond acceptors (Lipinski definition) is 3. The Kier molecular flexibility index (Phi) is 8.61. The molecule has 3 aliphatic rings. The first-order valence-corrected chi connectivity index (χ1v) is 12.2. The molecule has 0 aromatic heterocycles. The Bertz CT molecular complexity index is 896. The smallest absolute Gasteiger partial charge is 0.661 e. The Morgan fingerprint density at radius 1 is 1.22 bits per heavy atom. The van der Waals surface area contributed by atoms with Gasteiger partial charge >= 0.3 is 58.2 Å². The van der Waals surface area contributed by atoms with Gasteiger partial charge in [0.25, 0.3) is 0 Å². The number of hydrogen-bond donors (Lipinski definition) is 0. The number of rotatable bonds is 6. The minimum absolute atomic E-state index is 0. The van der Waals surface area contributed by atoms with Gasteiger partial charge in [-0.15, -0.1) is 0 Å². The van der Waals surface area contributed by atoms with E-state index >= 15 is 0 Å². The molecule has 0 bridgehead atoms. The molecular formula is C28H39O3Rb. The first-order chi connectivity index (χ1) is 14.7. The largest absolute Gasteiger partial charge is 1.00 e. The number of unbranched alkanes of at least 4 members (excludes halogenated alkanes) is 3. The molecule has 1 aromatic carbocycles. The number of carbonyl (C=O) groups excluding carboxylic acids is 1. The third-order valence-electron chi connectivity index (χ3n) is 7.76. The van der Waals surface area contributed by atoms with E-state index in [9.17, 15) is 4.79 Å². The van der Waals surface area contributed by atoms with Gasteiger partial charge in [0.05, 0.1) is 5.56 Å². The van der Waals surface area contributed by atoms with Crippen LogP contribution in [0.2, 0.25) is 0 Å². The predicted octanol–water partition coefficient (Wildman–Crippen LogP) is 4.68. The standard InChI is InChI=1S/C28H39O3.Rb/c1-7-8-9-10-14-27(3,4)21-17-23-24(26-25(21)22(29)13-15-30-26)19-16-18(2)11-12-20(19)28(5,6)31-23;/h15-17,19-20H,7-14H2,1-6H3;/q-1;+1. The summed E-state index contributed by atoms with van der Waals surface area (Å²) in [4.78, 5) is 13.2. The molecular weight excluding hydrogens is 470 g/mol. The zero-order valence-corrected chi connectivity index (χ0v) is 26.2. The third kappa shape index (κ3) is 5.02. The van der Waals surface area contributed by atoms with Crippen LogP contribution in [0.5, 0.6) is 11.5 Å². The van der Waals surface area contributed by atoms with Gasteiger partial charge in [-0.2, -0.15) is 6.61 Å². The fourth-order valence-electron chi connectivity index (χ4n) is 5.91. The SMILES string of the molecule is CCCCCCC(C)(C)c1cc2c(c3c1C(=O)C[CH-]O3)C1C=C(C)CCC1C(C)(C)O2.[Rb+]. The number of fused-ring (bicyclic) bond motifs is 5. The van der Waals surface area contributed by atoms with Gasteiger partial charge in [-0.1, -0.05) is 64.5 Å². The zero-order chi connectivity index (χ0) is 22.4. The Balaban J connectivity index is 0.00000289. The normalized spacial score (nSPS) is 23.6. The van der Waals surface area contributed by atoms with Crippen LogP contribution >= 0.6 is 0 Å². The molecule has 2 unspecified atom stereocenters. The van der Waals surface area contributed by atoms with Crippen LogP contribution in [0.1, 0.15) is 120 Å². The van der Waals surface area contributed by atoms with Crippen molar-refractivity contribution in [1.82, 2.24) is 0 Å². The molecule has 2 atom stereocenters. The summed E-state index contributed by atoms with van der Waals surface area (Å²) in [6, 6.07) is 2.19. The summed E-state index contributed by atoms with van der Waals surface area (Å²) in [5.41, 5.74) is 4.07. The van der Waals surface area contributed by atoms with Crippen LogP contribution in [-0.2, 0) is 5.41 Å². The molecule has 170 valence electrons. The minimum atomic E-state index is -0.242. The molecule has 32 heavy (non-hydrogen) atoms. The van der Waals surface area contributed by atoms with Crippen molar-refractivity contribution in [2.75, 3.05) is 0 Å². The summed E-state index contributed by atoms with van der Waals surface area (Å²) >= 11 is 0. The van der Waals surface area contributed by atoms with E-state index in [2.05, 4.69) is 53.7 Å². The average molecular weight is 509 g/mol. The number of benzene rings is 1. The van der Waals surface area contributed by atoms with E-state index in [0.717, 1.165) is 47.5 Å². The Labute approximate surface area is 243 Å². The second kappa shape index (κ2) is 10.3. The molecule has 0 radical (unpaired) electrons. The van der Waals surface area contributed by atoms with E-state index in [1.807, 2.05) is 0 Å². The summed E-state index contributed by atoms with van der Waals surface area (Å²) in [5, 5.41) is 0. The van der Waals surface area contributed by atoms with Gasteiger partial charge in [0, 0.05) is 17.4 Å². The monoisotopic (exact) mass is 508 g/mol. The van der Waals surface area contributed by atoms with Crippen LogP contribution in [0.25, 0.3) is 0 Å². The number of carbonyl (C=O) groups is 1. The van der Waals surface area contributed by atoms with E-state index in [4.69, 9.17) is 9.47 Å². The van der Waals surface area contributed by atoms with E-state index in [1.54, 1.807) is 6.61 Å². The molecule has 0 saturated carbocycles. The topological polar surface area (TPSA) is 35.5 Å². The van der Waals surface area contributed by atoms with Crippen molar-refractivity contribution in [2.24, 2.45) is 5.92 Å². The van der Waals surface area contributed by atoms with Gasteiger partial charge in [0.2, 0.25) is 0 Å². The molecule has 2 aliphatic heterocycles. The van der Waals surface area contributed by atoms with E-state index in [0.29, 0.717) is 12.3 Å². The van der Waals surface area contributed by atoms with Gasteiger partial charge in [-0.3, -0.25) is 4.79 Å². The van der Waals surface area contributed by atoms with Crippen LogP contribution in [-0.4, -0.2) is 11.4 Å². The average Bonchev–Trinajstić information content (AvgIpc) is 2.70. The fourth-order valence-corrected chi connectivity index (χ4v) is 5.91. The van der Waals surface area contributed by atoms with E-state index in [1.165, 1.54) is 31.3 Å². The van der Waals surface area contributed by atoms with Crippen LogP contribution in [0.15, 0.2) is 17.7 Å². The molecule has 4 rings (SSSR count). The van der Waals surface area contributed by atoms with Crippen molar-refractivity contribution in [3.8, 4) is 11.5 Å². The molecule has 0 amide bonds. The first kappa shape index (κ1) is 26.6. The first-order valence-electron chi connectivity index (χ1n) is 12.2. The molecule has 1 aliphatic carbocycles. The number of allylic oxidation sites excluding steroid dienone is 2. The van der Waals surface area contributed by atoms with Gasteiger partial charge in [0.15, 0.2) is 0 Å². The second-order valence-corrected chi connectivity index (χ2v) is 11.0. The van der Waals surface area contributed by atoms with Crippen LogP contribution in [0, 0.1) is 12.5 Å². The zero-order valence-electron chi connectivity index (χ0n) is 21.3. The van der Waals surface area contributed by atoms with E-state index < -0.39 is 0 Å². The Morgan fingerprint density at radius 3 is 2.69 bits per heavy atom. The number of Topliss-reactive ketones (excluding diaryl/α,β-unsaturated/α-hetero) is 1.